The highest BCUT2D eigenvalue weighted by atomic mass is 16.6. The Bertz CT molecular complexity index is 1160. The smallest absolute Gasteiger partial charge is 0.276 e. The Morgan fingerprint density at radius 1 is 0.870 bits per heavy atom. The molecule has 4 nitrogen and oxygen atoms in total. The Balaban J connectivity index is 2.16. The van der Waals surface area contributed by atoms with E-state index < -0.39 is 4.92 Å². The van der Waals surface area contributed by atoms with Crippen molar-refractivity contribution in [3.63, 3.8) is 0 Å². The second-order valence-corrected chi connectivity index (χ2v) is 5.41. The van der Waals surface area contributed by atoms with Gasteiger partial charge >= 0.3 is 0 Å². The third-order valence-electron chi connectivity index (χ3n) is 4.12. The van der Waals surface area contributed by atoms with Gasteiger partial charge in [-0.1, -0.05) is 48.5 Å². The standard InChI is InChI=1S/C19H11NO3/c21-19-15-9-4-7-12-6-3-8-14(18(12)15)16(19)11-13-5-1-2-10-17(13)20(22)23/h1-11H. The highest BCUT2D eigenvalue weighted by Gasteiger charge is 2.14. The van der Waals surface area contributed by atoms with Crippen molar-refractivity contribution in [3.8, 4) is 0 Å². The van der Waals surface area contributed by atoms with Crippen LogP contribution in [0, 0.1) is 10.1 Å². The van der Waals surface area contributed by atoms with Crippen LogP contribution in [0.4, 0.5) is 5.69 Å². The number of nitrogens with zero attached hydrogens (tertiary/aromatic N) is 1. The second-order valence-electron chi connectivity index (χ2n) is 5.41. The van der Waals surface area contributed by atoms with E-state index >= 15 is 0 Å². The predicted molar refractivity (Wildman–Crippen MR) is 90.8 cm³/mol. The molecule has 4 aromatic carbocycles. The lowest BCUT2D eigenvalue weighted by molar-refractivity contribution is -0.385. The van der Waals surface area contributed by atoms with E-state index in [2.05, 4.69) is 0 Å². The van der Waals surface area contributed by atoms with Crippen molar-refractivity contribution in [1.29, 1.82) is 0 Å². The van der Waals surface area contributed by atoms with Crippen molar-refractivity contribution in [2.45, 2.75) is 0 Å². The highest BCUT2D eigenvalue weighted by molar-refractivity contribution is 6.12. The maximum Gasteiger partial charge on any atom is 0.276 e. The van der Waals surface area contributed by atoms with Crippen LogP contribution in [0.15, 0.2) is 65.5 Å². The molecular formula is C19H11NO3. The number of benzene rings is 3. The van der Waals surface area contributed by atoms with Crippen molar-refractivity contribution < 1.29 is 4.92 Å². The summed E-state index contributed by atoms with van der Waals surface area (Å²) in [6.07, 6.45) is 1.62. The summed E-state index contributed by atoms with van der Waals surface area (Å²) in [4.78, 5) is 23.5. The first-order valence-corrected chi connectivity index (χ1v) is 7.19. The molecule has 0 spiro atoms. The first-order valence-electron chi connectivity index (χ1n) is 7.19. The van der Waals surface area contributed by atoms with Crippen LogP contribution < -0.4 is 10.6 Å². The van der Waals surface area contributed by atoms with E-state index in [-0.39, 0.29) is 11.1 Å². The number of nitro benzene ring substituents is 1. The van der Waals surface area contributed by atoms with Gasteiger partial charge in [-0.3, -0.25) is 14.9 Å². The Morgan fingerprint density at radius 3 is 2.30 bits per heavy atom. The molecule has 4 aromatic rings. The molecule has 0 aromatic heterocycles. The van der Waals surface area contributed by atoms with E-state index in [0.29, 0.717) is 16.2 Å². The summed E-state index contributed by atoms with van der Waals surface area (Å²) in [5, 5.41) is 15.1. The zero-order valence-corrected chi connectivity index (χ0v) is 12.0. The summed E-state index contributed by atoms with van der Waals surface area (Å²) >= 11 is 0. The van der Waals surface area contributed by atoms with E-state index in [4.69, 9.17) is 0 Å². The lowest BCUT2D eigenvalue weighted by atomic mass is 10.1. The van der Waals surface area contributed by atoms with Gasteiger partial charge in [-0.2, -0.15) is 0 Å². The average Bonchev–Trinajstić information content (AvgIpc) is 2.83. The Morgan fingerprint density at radius 2 is 1.57 bits per heavy atom. The first-order chi connectivity index (χ1) is 11.2. The lowest BCUT2D eigenvalue weighted by Crippen LogP contribution is -2.19. The van der Waals surface area contributed by atoms with Crippen molar-refractivity contribution in [1.82, 2.24) is 0 Å². The quantitative estimate of drug-likeness (QED) is 0.422. The Hall–Kier alpha value is -3.27. The van der Waals surface area contributed by atoms with Gasteiger partial charge in [-0.25, -0.2) is 0 Å². The van der Waals surface area contributed by atoms with Crippen LogP contribution in [0.2, 0.25) is 0 Å². The van der Waals surface area contributed by atoms with Gasteiger partial charge in [-0.15, -0.1) is 0 Å². The minimum atomic E-state index is -0.431. The molecule has 110 valence electrons. The maximum absolute atomic E-state index is 12.7. The number of hydrogen-bond donors (Lipinski definition) is 0. The molecule has 0 unspecified atom stereocenters. The third kappa shape index (κ3) is 1.96. The SMILES string of the molecule is O=c1c(=Cc2ccccc2[N+](=O)[O-])c2cccc3cccc1c32. The molecule has 0 saturated carbocycles. The molecule has 0 N–H and O–H groups in total. The summed E-state index contributed by atoms with van der Waals surface area (Å²) < 4.78 is 0. The van der Waals surface area contributed by atoms with Gasteiger partial charge in [0.25, 0.3) is 5.69 Å². The largest absolute Gasteiger partial charge is 0.289 e. The van der Waals surface area contributed by atoms with Crippen molar-refractivity contribution >= 4 is 33.3 Å². The van der Waals surface area contributed by atoms with Gasteiger partial charge < -0.3 is 0 Å². The zero-order valence-electron chi connectivity index (χ0n) is 12.0. The fourth-order valence-corrected chi connectivity index (χ4v) is 3.10. The minimum Gasteiger partial charge on any atom is -0.289 e. The van der Waals surface area contributed by atoms with Crippen molar-refractivity contribution in [2.75, 3.05) is 0 Å². The molecule has 0 saturated heterocycles. The lowest BCUT2D eigenvalue weighted by Gasteiger charge is -1.97. The van der Waals surface area contributed by atoms with Crippen molar-refractivity contribution in [2.24, 2.45) is 0 Å². The van der Waals surface area contributed by atoms with Crippen LogP contribution >= 0.6 is 0 Å². The molecule has 4 rings (SSSR count). The second kappa shape index (κ2) is 4.88. The Kier molecular flexibility index (Phi) is 2.84. The van der Waals surface area contributed by atoms with Crippen LogP contribution in [0.25, 0.3) is 27.6 Å². The average molecular weight is 301 g/mol. The van der Waals surface area contributed by atoms with Gasteiger partial charge in [0.1, 0.15) is 0 Å². The molecule has 23 heavy (non-hydrogen) atoms. The molecule has 0 aliphatic carbocycles. The monoisotopic (exact) mass is 301 g/mol. The topological polar surface area (TPSA) is 60.2 Å². The van der Waals surface area contributed by atoms with Crippen LogP contribution in [0.5, 0.6) is 0 Å². The van der Waals surface area contributed by atoms with E-state index in [1.165, 1.54) is 6.07 Å². The number of hydrogen-bond acceptors (Lipinski definition) is 3. The number of nitro groups is 1. The summed E-state index contributed by atoms with van der Waals surface area (Å²) in [6, 6.07) is 17.8. The molecule has 0 atom stereocenters. The minimum absolute atomic E-state index is 0.00377. The molecule has 0 bridgehead atoms. The van der Waals surface area contributed by atoms with Gasteiger partial charge in [-0.05, 0) is 22.9 Å². The summed E-state index contributed by atoms with van der Waals surface area (Å²) in [5.41, 5.74) is 0.344. The molecule has 0 amide bonds. The van der Waals surface area contributed by atoms with Gasteiger partial charge in [0, 0.05) is 22.1 Å². The van der Waals surface area contributed by atoms with E-state index in [1.807, 2.05) is 30.3 Å². The number of rotatable bonds is 2. The molecule has 0 fully saturated rings. The van der Waals surface area contributed by atoms with E-state index in [0.717, 1.165) is 16.2 Å². The van der Waals surface area contributed by atoms with Crippen LogP contribution in [-0.4, -0.2) is 4.92 Å². The molecule has 0 radical (unpaired) electrons. The molecule has 0 aliphatic heterocycles. The van der Waals surface area contributed by atoms with E-state index in [9.17, 15) is 14.9 Å². The Labute approximate surface area is 130 Å². The first kappa shape index (κ1) is 13.4. The van der Waals surface area contributed by atoms with Crippen molar-refractivity contribution in [3.05, 3.63) is 91.8 Å². The zero-order chi connectivity index (χ0) is 16.0. The van der Waals surface area contributed by atoms with Gasteiger partial charge in [0.2, 0.25) is 0 Å². The van der Waals surface area contributed by atoms with Gasteiger partial charge in [0.15, 0.2) is 5.43 Å². The van der Waals surface area contributed by atoms with E-state index in [1.54, 1.807) is 30.3 Å². The molecule has 0 heterocycles. The fourth-order valence-electron chi connectivity index (χ4n) is 3.10. The normalized spacial score (nSPS) is 12.3. The third-order valence-corrected chi connectivity index (χ3v) is 4.12. The highest BCUT2D eigenvalue weighted by Crippen LogP contribution is 2.23. The summed E-state index contributed by atoms with van der Waals surface area (Å²) in [5.74, 6) is 0. The van der Waals surface area contributed by atoms with Crippen LogP contribution in [0.1, 0.15) is 5.56 Å². The molecule has 4 heteroatoms. The molecule has 0 aliphatic rings. The van der Waals surface area contributed by atoms with Crippen LogP contribution in [-0.2, 0) is 0 Å². The fraction of sp³-hybridized carbons (Fsp3) is 0. The van der Waals surface area contributed by atoms with Gasteiger partial charge in [0.05, 0.1) is 10.5 Å². The number of para-hydroxylation sites is 1. The summed E-state index contributed by atoms with van der Waals surface area (Å²) in [7, 11) is 0. The maximum atomic E-state index is 12.7. The predicted octanol–water partition coefficient (Wildman–Crippen LogP) is 3.25. The van der Waals surface area contributed by atoms with Crippen LogP contribution in [0.3, 0.4) is 0 Å². The summed E-state index contributed by atoms with van der Waals surface area (Å²) in [6.45, 7) is 0. The molecular weight excluding hydrogens is 290 g/mol.